The molecule has 1 aliphatic carbocycles. The number of carbonyl (C=O) groups is 2. The fourth-order valence-electron chi connectivity index (χ4n) is 4.67. The van der Waals surface area contributed by atoms with Crippen molar-refractivity contribution in [2.75, 3.05) is 0 Å². The first-order valence-electron chi connectivity index (χ1n) is 10.9. The van der Waals surface area contributed by atoms with E-state index >= 15 is 0 Å². The summed E-state index contributed by atoms with van der Waals surface area (Å²) in [6.45, 7) is 0. The van der Waals surface area contributed by atoms with Gasteiger partial charge in [0.15, 0.2) is 16.5 Å². The lowest BCUT2D eigenvalue weighted by atomic mass is 9.81. The van der Waals surface area contributed by atoms with Crippen LogP contribution in [0.25, 0.3) is 33.4 Å². The van der Waals surface area contributed by atoms with Crippen molar-refractivity contribution >= 4 is 45.0 Å². The van der Waals surface area contributed by atoms with E-state index in [9.17, 15) is 14.4 Å². The number of furan rings is 1. The molecule has 0 atom stereocenters. The van der Waals surface area contributed by atoms with Gasteiger partial charge >= 0.3 is 0 Å². The SMILES string of the molecule is O=C1c2ccccc2C(=O)c2c1cccc2-c1ccc(/C=c2\sc3nc4ccccc4n3c2=O)o1. The molecule has 35 heavy (non-hydrogen) atoms. The van der Waals surface area contributed by atoms with E-state index in [1.165, 1.54) is 11.3 Å². The number of para-hydroxylation sites is 2. The molecule has 166 valence electrons. The van der Waals surface area contributed by atoms with Crippen LogP contribution in [0.4, 0.5) is 0 Å². The maximum Gasteiger partial charge on any atom is 0.275 e. The molecule has 6 nitrogen and oxygen atoms in total. The van der Waals surface area contributed by atoms with Crippen LogP contribution in [0.1, 0.15) is 37.6 Å². The highest BCUT2D eigenvalue weighted by Gasteiger charge is 2.32. The average molecular weight is 474 g/mol. The molecule has 0 bridgehead atoms. The molecule has 3 aromatic heterocycles. The topological polar surface area (TPSA) is 81.6 Å². The Morgan fingerprint density at radius 3 is 2.31 bits per heavy atom. The number of hydrogen-bond donors (Lipinski definition) is 0. The summed E-state index contributed by atoms with van der Waals surface area (Å²) in [5.74, 6) is 0.535. The van der Waals surface area contributed by atoms with E-state index in [0.717, 1.165) is 11.0 Å². The first-order valence-corrected chi connectivity index (χ1v) is 11.8. The Kier molecular flexibility index (Phi) is 4.07. The number of thiazole rings is 1. The van der Waals surface area contributed by atoms with Crippen molar-refractivity contribution in [2.45, 2.75) is 0 Å². The van der Waals surface area contributed by atoms with Crippen LogP contribution < -0.4 is 10.1 Å². The number of fused-ring (bicyclic) bond motifs is 5. The van der Waals surface area contributed by atoms with Crippen LogP contribution >= 0.6 is 11.3 Å². The molecule has 0 radical (unpaired) electrons. The van der Waals surface area contributed by atoms with Gasteiger partial charge in [-0.3, -0.25) is 14.4 Å². The third-order valence-corrected chi connectivity index (χ3v) is 7.23. The number of rotatable bonds is 2. The molecule has 3 aromatic carbocycles. The average Bonchev–Trinajstić information content (AvgIpc) is 3.57. The molecule has 0 N–H and O–H groups in total. The second-order valence-electron chi connectivity index (χ2n) is 8.27. The van der Waals surface area contributed by atoms with Crippen LogP contribution in [0.3, 0.4) is 0 Å². The predicted molar refractivity (Wildman–Crippen MR) is 133 cm³/mol. The molecule has 6 aromatic rings. The highest BCUT2D eigenvalue weighted by atomic mass is 32.1. The van der Waals surface area contributed by atoms with Crippen molar-refractivity contribution in [3.8, 4) is 11.3 Å². The van der Waals surface area contributed by atoms with Gasteiger partial charge in [-0.05, 0) is 24.3 Å². The van der Waals surface area contributed by atoms with Crippen LogP contribution in [-0.4, -0.2) is 21.0 Å². The van der Waals surface area contributed by atoms with Crippen LogP contribution in [0.15, 0.2) is 88.1 Å². The van der Waals surface area contributed by atoms with Crippen molar-refractivity contribution in [1.29, 1.82) is 0 Å². The summed E-state index contributed by atoms with van der Waals surface area (Å²) in [4.78, 5) is 44.6. The molecule has 0 amide bonds. The summed E-state index contributed by atoms with van der Waals surface area (Å²) < 4.78 is 8.14. The van der Waals surface area contributed by atoms with Gasteiger partial charge in [0.2, 0.25) is 0 Å². The predicted octanol–water partition coefficient (Wildman–Crippen LogP) is 4.49. The third-order valence-electron chi connectivity index (χ3n) is 6.26. The van der Waals surface area contributed by atoms with Gasteiger partial charge in [0.1, 0.15) is 16.1 Å². The Labute approximate surface area is 201 Å². The van der Waals surface area contributed by atoms with E-state index in [1.54, 1.807) is 65.1 Å². The van der Waals surface area contributed by atoms with E-state index in [-0.39, 0.29) is 17.1 Å². The van der Waals surface area contributed by atoms with Crippen LogP contribution in [0.2, 0.25) is 0 Å². The fourth-order valence-corrected chi connectivity index (χ4v) is 5.63. The van der Waals surface area contributed by atoms with E-state index in [4.69, 9.17) is 4.42 Å². The van der Waals surface area contributed by atoms with Gasteiger partial charge in [-0.15, -0.1) is 0 Å². The zero-order chi connectivity index (χ0) is 23.7. The van der Waals surface area contributed by atoms with Crippen LogP contribution in [0, 0.1) is 0 Å². The molecule has 7 rings (SSSR count). The van der Waals surface area contributed by atoms with Gasteiger partial charge in [0.05, 0.1) is 11.0 Å². The van der Waals surface area contributed by atoms with E-state index < -0.39 is 0 Å². The van der Waals surface area contributed by atoms with Gasteiger partial charge in [-0.2, -0.15) is 0 Å². The molecular weight excluding hydrogens is 460 g/mol. The van der Waals surface area contributed by atoms with Crippen molar-refractivity contribution in [1.82, 2.24) is 9.38 Å². The highest BCUT2D eigenvalue weighted by Crippen LogP contribution is 2.35. The second kappa shape index (κ2) is 7.19. The minimum atomic E-state index is -0.207. The molecule has 0 spiro atoms. The summed E-state index contributed by atoms with van der Waals surface area (Å²) >= 11 is 1.29. The first-order chi connectivity index (χ1) is 17.1. The molecule has 0 saturated heterocycles. The first kappa shape index (κ1) is 19.8. The molecule has 0 unspecified atom stereocenters. The quantitative estimate of drug-likeness (QED) is 0.369. The molecule has 0 fully saturated rings. The maximum absolute atomic E-state index is 13.3. The Morgan fingerprint density at radius 2 is 1.46 bits per heavy atom. The van der Waals surface area contributed by atoms with Crippen LogP contribution in [0.5, 0.6) is 0 Å². The van der Waals surface area contributed by atoms with E-state index in [1.807, 2.05) is 24.3 Å². The van der Waals surface area contributed by atoms with E-state index in [0.29, 0.717) is 48.8 Å². The molecule has 3 heterocycles. The zero-order valence-corrected chi connectivity index (χ0v) is 18.8. The third kappa shape index (κ3) is 2.82. The van der Waals surface area contributed by atoms with Gasteiger partial charge in [0, 0.05) is 33.9 Å². The summed E-state index contributed by atoms with van der Waals surface area (Å²) in [5.41, 5.74) is 3.43. The minimum Gasteiger partial charge on any atom is -0.457 e. The molecule has 0 saturated carbocycles. The lowest BCUT2D eigenvalue weighted by molar-refractivity contribution is 0.0979. The van der Waals surface area contributed by atoms with Gasteiger partial charge in [-0.25, -0.2) is 9.38 Å². The fraction of sp³-hybridized carbons (Fsp3) is 0. The second-order valence-corrected chi connectivity index (χ2v) is 9.28. The summed E-state index contributed by atoms with van der Waals surface area (Å²) in [6.07, 6.45) is 1.68. The van der Waals surface area contributed by atoms with Crippen LogP contribution in [-0.2, 0) is 0 Å². The van der Waals surface area contributed by atoms with Crippen molar-refractivity contribution < 1.29 is 14.0 Å². The van der Waals surface area contributed by atoms with E-state index in [2.05, 4.69) is 4.98 Å². The smallest absolute Gasteiger partial charge is 0.275 e. The Morgan fingerprint density at radius 1 is 0.743 bits per heavy atom. The molecule has 1 aliphatic rings. The Balaban J connectivity index is 1.35. The maximum atomic E-state index is 13.3. The van der Waals surface area contributed by atoms with Crippen molar-refractivity contribution in [3.63, 3.8) is 0 Å². The molecule has 7 heteroatoms. The lowest BCUT2D eigenvalue weighted by Crippen LogP contribution is -2.22. The minimum absolute atomic E-state index is 0.161. The summed E-state index contributed by atoms with van der Waals surface area (Å²) in [5, 5.41) is 0. The lowest BCUT2D eigenvalue weighted by Gasteiger charge is -2.19. The molecular formula is C28H14N2O4S. The van der Waals surface area contributed by atoms with Crippen molar-refractivity contribution in [3.05, 3.63) is 122 Å². The number of aromatic nitrogens is 2. The monoisotopic (exact) mass is 474 g/mol. The zero-order valence-electron chi connectivity index (χ0n) is 18.0. The number of ketones is 2. The number of hydrogen-bond acceptors (Lipinski definition) is 6. The highest BCUT2D eigenvalue weighted by molar-refractivity contribution is 7.15. The Hall–Kier alpha value is -4.62. The molecule has 0 aliphatic heterocycles. The van der Waals surface area contributed by atoms with Gasteiger partial charge in [-0.1, -0.05) is 65.9 Å². The number of imidazole rings is 1. The summed E-state index contributed by atoms with van der Waals surface area (Å²) in [6, 6.07) is 23.0. The number of nitrogens with zero attached hydrogens (tertiary/aromatic N) is 2. The summed E-state index contributed by atoms with van der Waals surface area (Å²) in [7, 11) is 0. The standard InChI is InChI=1S/C28H14N2O4S/c31-25-16-6-1-2-7-17(16)26(32)24-18(8-5-9-19(24)25)22-13-12-15(34-22)14-23-27(33)30-21-11-4-3-10-20(21)29-28(30)35-23/h1-14H/b23-14-. The normalized spacial score (nSPS) is 13.5. The Bertz CT molecular complexity index is 1980. The van der Waals surface area contributed by atoms with Gasteiger partial charge in [0.25, 0.3) is 5.56 Å². The van der Waals surface area contributed by atoms with Crippen molar-refractivity contribution in [2.24, 2.45) is 0 Å². The number of carbonyl (C=O) groups excluding carboxylic acids is 2. The number of benzene rings is 3. The van der Waals surface area contributed by atoms with Gasteiger partial charge < -0.3 is 4.42 Å². The largest absolute Gasteiger partial charge is 0.457 e.